The van der Waals surface area contributed by atoms with Gasteiger partial charge >= 0.3 is 0 Å². The lowest BCUT2D eigenvalue weighted by Crippen LogP contribution is -2.36. The lowest BCUT2D eigenvalue weighted by atomic mass is 10.0. The smallest absolute Gasteiger partial charge is 0.244 e. The minimum atomic E-state index is -0.168. The molecule has 0 aliphatic carbocycles. The van der Waals surface area contributed by atoms with Crippen molar-refractivity contribution in [2.45, 2.75) is 53.5 Å². The summed E-state index contributed by atoms with van der Waals surface area (Å²) in [6.07, 6.45) is 2.61. The first-order chi connectivity index (χ1) is 13.8. The van der Waals surface area contributed by atoms with Gasteiger partial charge in [-0.2, -0.15) is 5.10 Å². The molecule has 0 aliphatic heterocycles. The zero-order chi connectivity index (χ0) is 21.6. The number of Topliss-reactive ketones (excluding diaryl/α,β-unsaturated/α-hetero) is 1. The number of amides is 1. The Kier molecular flexibility index (Phi) is 8.23. The first kappa shape index (κ1) is 22.9. The molecule has 1 aromatic heterocycles. The van der Waals surface area contributed by atoms with E-state index in [1.54, 1.807) is 11.8 Å². The van der Waals surface area contributed by atoms with E-state index in [-0.39, 0.29) is 24.2 Å². The van der Waals surface area contributed by atoms with Gasteiger partial charge in [0.25, 0.3) is 0 Å². The summed E-state index contributed by atoms with van der Waals surface area (Å²) in [6, 6.07) is 5.49. The lowest BCUT2D eigenvalue weighted by molar-refractivity contribution is -0.132. The van der Waals surface area contributed by atoms with Crippen molar-refractivity contribution in [1.82, 2.24) is 14.7 Å². The molecule has 159 valence electrons. The van der Waals surface area contributed by atoms with Crippen LogP contribution in [0.25, 0.3) is 10.9 Å². The van der Waals surface area contributed by atoms with Gasteiger partial charge < -0.3 is 9.64 Å². The second kappa shape index (κ2) is 10.4. The minimum absolute atomic E-state index is 0.00914. The maximum atomic E-state index is 13.1. The molecule has 0 N–H and O–H groups in total. The number of ether oxygens (including phenoxy) is 1. The Morgan fingerprint density at radius 1 is 1.21 bits per heavy atom. The van der Waals surface area contributed by atoms with Crippen molar-refractivity contribution >= 4 is 22.6 Å². The zero-order valence-corrected chi connectivity index (χ0v) is 18.4. The second-order valence-electron chi connectivity index (χ2n) is 8.18. The Hall–Kier alpha value is -2.37. The van der Waals surface area contributed by atoms with Gasteiger partial charge in [-0.1, -0.05) is 41.0 Å². The topological polar surface area (TPSA) is 64.4 Å². The van der Waals surface area contributed by atoms with Crippen molar-refractivity contribution in [1.29, 1.82) is 0 Å². The van der Waals surface area contributed by atoms with Crippen LogP contribution in [0.3, 0.4) is 0 Å². The van der Waals surface area contributed by atoms with E-state index in [9.17, 15) is 9.59 Å². The molecule has 0 fully saturated rings. The van der Waals surface area contributed by atoms with Crippen LogP contribution in [0.1, 0.15) is 57.4 Å². The number of ketones is 1. The molecule has 0 spiro atoms. The van der Waals surface area contributed by atoms with E-state index in [1.165, 1.54) is 0 Å². The van der Waals surface area contributed by atoms with Gasteiger partial charge in [0.2, 0.25) is 5.91 Å². The normalized spacial score (nSPS) is 11.4. The molecule has 1 amide bonds. The summed E-state index contributed by atoms with van der Waals surface area (Å²) in [6.45, 7) is 13.4. The van der Waals surface area contributed by atoms with E-state index >= 15 is 0 Å². The maximum absolute atomic E-state index is 13.1. The van der Waals surface area contributed by atoms with Gasteiger partial charge in [0.1, 0.15) is 18.0 Å². The summed E-state index contributed by atoms with van der Waals surface area (Å²) in [7, 11) is 1.60. The number of fused-ring (bicyclic) bond motifs is 1. The molecule has 29 heavy (non-hydrogen) atoms. The molecule has 6 nitrogen and oxygen atoms in total. The number of methoxy groups -OCH3 is 1. The third-order valence-corrected chi connectivity index (χ3v) is 5.01. The summed E-state index contributed by atoms with van der Waals surface area (Å²) >= 11 is 0. The number of carbonyl (C=O) groups excluding carboxylic acids is 2. The summed E-state index contributed by atoms with van der Waals surface area (Å²) < 4.78 is 6.98. The number of aromatic nitrogens is 2. The number of carbonyl (C=O) groups is 2. The average Bonchev–Trinajstić information content (AvgIpc) is 3.04. The lowest BCUT2D eigenvalue weighted by Gasteiger charge is -2.23. The number of hydrogen-bond donors (Lipinski definition) is 0. The monoisotopic (exact) mass is 400 g/mol. The van der Waals surface area contributed by atoms with Crippen LogP contribution in [0.2, 0.25) is 0 Å². The fourth-order valence-corrected chi connectivity index (χ4v) is 3.16. The highest BCUT2D eigenvalue weighted by atomic mass is 16.5. The van der Waals surface area contributed by atoms with Gasteiger partial charge in [0.15, 0.2) is 5.78 Å². The average molecular weight is 401 g/mol. The molecule has 0 saturated heterocycles. The number of hydrogen-bond acceptors (Lipinski definition) is 4. The molecule has 2 rings (SSSR count). The minimum Gasteiger partial charge on any atom is -0.497 e. The van der Waals surface area contributed by atoms with E-state index in [4.69, 9.17) is 4.74 Å². The molecule has 1 aromatic carbocycles. The Morgan fingerprint density at radius 2 is 1.93 bits per heavy atom. The van der Waals surface area contributed by atoms with Crippen molar-refractivity contribution in [2.75, 3.05) is 20.2 Å². The molecule has 0 atom stereocenters. The van der Waals surface area contributed by atoms with Crippen LogP contribution in [-0.2, 0) is 11.3 Å². The predicted octanol–water partition coefficient (Wildman–Crippen LogP) is 4.37. The van der Waals surface area contributed by atoms with Gasteiger partial charge in [-0.25, -0.2) is 0 Å². The second-order valence-corrected chi connectivity index (χ2v) is 8.18. The molecular formula is C23H34N3O3. The van der Waals surface area contributed by atoms with Crippen molar-refractivity contribution in [3.8, 4) is 5.75 Å². The first-order valence-corrected chi connectivity index (χ1v) is 10.4. The third-order valence-electron chi connectivity index (χ3n) is 5.01. The standard InChI is InChI=1S/C23H34N3O3/c1-7-8-12-25(13-11-16(2)3)21(27)15-26-20-14-18(29-6)9-10-19(20)22(24-26)23(28)17(4)5/h9-10,14,16-17H,1,7-8,11-13,15H2,2-6H3. The summed E-state index contributed by atoms with van der Waals surface area (Å²) in [5.41, 5.74) is 1.15. The van der Waals surface area contributed by atoms with E-state index < -0.39 is 0 Å². The molecule has 0 bridgehead atoms. The third kappa shape index (κ3) is 5.81. The number of unbranched alkanes of at least 4 members (excludes halogenated alkanes) is 1. The van der Waals surface area contributed by atoms with Gasteiger partial charge in [-0.05, 0) is 30.9 Å². The highest BCUT2D eigenvalue weighted by molar-refractivity contribution is 6.07. The predicted molar refractivity (Wildman–Crippen MR) is 116 cm³/mol. The van der Waals surface area contributed by atoms with Gasteiger partial charge in [-0.3, -0.25) is 14.3 Å². The van der Waals surface area contributed by atoms with E-state index in [0.29, 0.717) is 23.9 Å². The van der Waals surface area contributed by atoms with Crippen molar-refractivity contribution < 1.29 is 14.3 Å². The number of nitrogens with zero attached hydrogens (tertiary/aromatic N) is 3. The van der Waals surface area contributed by atoms with Crippen molar-refractivity contribution in [3.63, 3.8) is 0 Å². The van der Waals surface area contributed by atoms with Crippen LogP contribution in [0.4, 0.5) is 0 Å². The van der Waals surface area contributed by atoms with Crippen LogP contribution in [0.15, 0.2) is 18.2 Å². The molecule has 2 aromatic rings. The largest absolute Gasteiger partial charge is 0.497 e. The first-order valence-electron chi connectivity index (χ1n) is 10.4. The molecule has 0 aliphatic rings. The number of benzene rings is 1. The van der Waals surface area contributed by atoms with Crippen LogP contribution in [-0.4, -0.2) is 46.6 Å². The molecule has 0 saturated carbocycles. The van der Waals surface area contributed by atoms with Crippen LogP contribution < -0.4 is 4.74 Å². The van der Waals surface area contributed by atoms with E-state index in [0.717, 1.165) is 36.7 Å². The van der Waals surface area contributed by atoms with Crippen molar-refractivity contribution in [3.05, 3.63) is 30.8 Å². The summed E-state index contributed by atoms with van der Waals surface area (Å²) in [5.74, 6) is 1.01. The fraction of sp³-hybridized carbons (Fsp3) is 0.565. The summed E-state index contributed by atoms with van der Waals surface area (Å²) in [5, 5.41) is 5.29. The molecule has 1 radical (unpaired) electrons. The summed E-state index contributed by atoms with van der Waals surface area (Å²) in [4.78, 5) is 27.6. The highest BCUT2D eigenvalue weighted by Crippen LogP contribution is 2.26. The van der Waals surface area contributed by atoms with Crippen LogP contribution in [0, 0.1) is 18.8 Å². The van der Waals surface area contributed by atoms with Gasteiger partial charge in [0, 0.05) is 30.5 Å². The van der Waals surface area contributed by atoms with E-state index in [2.05, 4.69) is 25.9 Å². The SMILES string of the molecule is [CH2]CCCN(CCC(C)C)C(=O)Cn1nc(C(=O)C(C)C)c2ccc(OC)cc21. The van der Waals surface area contributed by atoms with Crippen LogP contribution in [0.5, 0.6) is 5.75 Å². The molecule has 0 unspecified atom stereocenters. The Morgan fingerprint density at radius 3 is 2.52 bits per heavy atom. The van der Waals surface area contributed by atoms with Gasteiger partial charge in [0.05, 0.1) is 12.6 Å². The molecule has 6 heteroatoms. The van der Waals surface area contributed by atoms with Crippen LogP contribution >= 0.6 is 0 Å². The van der Waals surface area contributed by atoms with E-state index in [1.807, 2.05) is 36.9 Å². The Labute approximate surface area is 174 Å². The molecule has 1 heterocycles. The van der Waals surface area contributed by atoms with Crippen molar-refractivity contribution in [2.24, 2.45) is 11.8 Å². The highest BCUT2D eigenvalue weighted by Gasteiger charge is 2.22. The fourth-order valence-electron chi connectivity index (χ4n) is 3.16. The van der Waals surface area contributed by atoms with Gasteiger partial charge in [-0.15, -0.1) is 0 Å². The zero-order valence-electron chi connectivity index (χ0n) is 18.4. The number of rotatable bonds is 11. The Bertz CT molecular complexity index is 839. The Balaban J connectivity index is 2.37. The molecular weight excluding hydrogens is 366 g/mol. The quantitative estimate of drug-likeness (QED) is 0.525. The maximum Gasteiger partial charge on any atom is 0.244 e.